The Morgan fingerprint density at radius 3 is 3.12 bits per heavy atom. The average molecular weight is 239 g/mol. The maximum absolute atomic E-state index is 7.50. The van der Waals surface area contributed by atoms with Crippen molar-refractivity contribution in [1.82, 2.24) is 14.8 Å². The highest BCUT2D eigenvalue weighted by molar-refractivity contribution is 6.17. The van der Waals surface area contributed by atoms with Gasteiger partial charge in [0.1, 0.15) is 0 Å². The summed E-state index contributed by atoms with van der Waals surface area (Å²) < 4.78 is 24.0. The molecule has 2 aromatic heterocycles. The third-order valence-corrected chi connectivity index (χ3v) is 2.60. The first kappa shape index (κ1) is 7.85. The molecule has 0 fully saturated rings. The molecule has 0 saturated carbocycles. The third kappa shape index (κ3) is 1.95. The van der Waals surface area contributed by atoms with Gasteiger partial charge in [0.2, 0.25) is 0 Å². The molecule has 1 unspecified atom stereocenters. The Kier molecular flexibility index (Phi) is 2.29. The summed E-state index contributed by atoms with van der Waals surface area (Å²) in [4.78, 5) is 4.29. The lowest BCUT2D eigenvalue weighted by molar-refractivity contribution is 0.537. The highest BCUT2D eigenvalue weighted by atomic mass is 35.5. The summed E-state index contributed by atoms with van der Waals surface area (Å²) in [6.07, 6.45) is 3.23. The quantitative estimate of drug-likeness (QED) is 0.769. The Morgan fingerprint density at radius 1 is 1.50 bits per heavy atom. The van der Waals surface area contributed by atoms with E-state index >= 15 is 0 Å². The van der Waals surface area contributed by atoms with Gasteiger partial charge in [-0.05, 0) is 31.5 Å². The van der Waals surface area contributed by atoms with Crippen LogP contribution in [-0.2, 0) is 5.88 Å². The van der Waals surface area contributed by atoms with Crippen molar-refractivity contribution in [3.05, 3.63) is 36.2 Å². The first-order valence-corrected chi connectivity index (χ1v) is 5.52. The minimum Gasteiger partial charge on any atom is -0.261 e. The molecular formula is C12H14ClN3. The van der Waals surface area contributed by atoms with Crippen LogP contribution in [0.4, 0.5) is 0 Å². The van der Waals surface area contributed by atoms with Crippen LogP contribution in [0.1, 0.15) is 29.5 Å². The van der Waals surface area contributed by atoms with E-state index in [1.807, 2.05) is 6.07 Å². The van der Waals surface area contributed by atoms with Crippen molar-refractivity contribution in [2.24, 2.45) is 0 Å². The first-order chi connectivity index (χ1) is 8.95. The number of pyridine rings is 1. The Hall–Kier alpha value is -1.35. The van der Waals surface area contributed by atoms with Crippen LogP contribution in [0.2, 0.25) is 0 Å². The summed E-state index contributed by atoms with van der Waals surface area (Å²) in [6.45, 7) is -0.497. The predicted molar refractivity (Wildman–Crippen MR) is 65.4 cm³/mol. The van der Waals surface area contributed by atoms with E-state index in [-0.39, 0.29) is 0 Å². The summed E-state index contributed by atoms with van der Waals surface area (Å²) >= 11 is 5.89. The molecule has 84 valence electrons. The molecule has 0 aromatic carbocycles. The van der Waals surface area contributed by atoms with Crippen LogP contribution in [0.3, 0.4) is 0 Å². The number of hydrogen-bond acceptors (Lipinski definition) is 2. The Balaban J connectivity index is 2.50. The van der Waals surface area contributed by atoms with E-state index < -0.39 is 12.9 Å². The van der Waals surface area contributed by atoms with Crippen LogP contribution in [0, 0.1) is 0 Å². The van der Waals surface area contributed by atoms with Crippen LogP contribution >= 0.6 is 11.6 Å². The third-order valence-electron chi connectivity index (χ3n) is 2.32. The summed E-state index contributed by atoms with van der Waals surface area (Å²) in [6, 6.07) is 4.70. The maximum atomic E-state index is 7.50. The zero-order valence-corrected chi connectivity index (χ0v) is 9.65. The number of halogens is 1. The van der Waals surface area contributed by atoms with Gasteiger partial charge >= 0.3 is 0 Å². The monoisotopic (exact) mass is 238 g/mol. The van der Waals surface area contributed by atoms with Gasteiger partial charge in [-0.15, -0.1) is 11.6 Å². The topological polar surface area (TPSA) is 30.7 Å². The van der Waals surface area contributed by atoms with E-state index in [0.29, 0.717) is 17.3 Å². The van der Waals surface area contributed by atoms with Crippen LogP contribution in [0.5, 0.6) is 0 Å². The Labute approximate surface area is 104 Å². The normalized spacial score (nSPS) is 16.2. The van der Waals surface area contributed by atoms with Crippen molar-refractivity contribution in [2.75, 3.05) is 0 Å². The van der Waals surface area contributed by atoms with Crippen molar-refractivity contribution in [1.29, 1.82) is 0 Å². The molecule has 0 aliphatic heterocycles. The molecule has 0 aliphatic rings. The molecule has 1 atom stereocenters. The maximum Gasteiger partial charge on any atom is 0.0927 e. The molecule has 2 rings (SSSR count). The predicted octanol–water partition coefficient (Wildman–Crippen LogP) is 3.26. The van der Waals surface area contributed by atoms with Crippen LogP contribution < -0.4 is 0 Å². The van der Waals surface area contributed by atoms with Gasteiger partial charge in [0.25, 0.3) is 0 Å². The van der Waals surface area contributed by atoms with Gasteiger partial charge in [-0.2, -0.15) is 5.10 Å². The molecule has 4 heteroatoms. The summed E-state index contributed by atoms with van der Waals surface area (Å²) in [5.41, 5.74) is 2.19. The molecule has 0 saturated heterocycles. The van der Waals surface area contributed by atoms with E-state index in [1.54, 1.807) is 31.5 Å². The summed E-state index contributed by atoms with van der Waals surface area (Å²) in [7, 11) is 0. The van der Waals surface area contributed by atoms with Crippen LogP contribution in [-0.4, -0.2) is 14.8 Å². The first-order valence-electron chi connectivity index (χ1n) is 6.49. The molecule has 2 heterocycles. The molecular weight excluding hydrogens is 222 g/mol. The van der Waals surface area contributed by atoms with Gasteiger partial charge in [-0.3, -0.25) is 9.67 Å². The standard InChI is InChI=1S/C12H14ClN3/c1-9(2)16-11(5-7-15-16)12-10(8-13)4-3-6-14-12/h3-7,9H,8H2,1-2H3/i1D3. The minimum atomic E-state index is -2.11. The highest BCUT2D eigenvalue weighted by Crippen LogP contribution is 2.24. The summed E-state index contributed by atoms with van der Waals surface area (Å²) in [5, 5.41) is 4.11. The van der Waals surface area contributed by atoms with Gasteiger partial charge in [0.05, 0.1) is 11.4 Å². The van der Waals surface area contributed by atoms with Gasteiger partial charge in [0.15, 0.2) is 0 Å². The SMILES string of the molecule is [2H]C([2H])([2H])C(C)n1nccc1-c1ncccc1CCl. The molecule has 16 heavy (non-hydrogen) atoms. The van der Waals surface area contributed by atoms with Crippen molar-refractivity contribution in [3.8, 4) is 11.4 Å². The number of hydrogen-bond donors (Lipinski definition) is 0. The van der Waals surface area contributed by atoms with Crippen molar-refractivity contribution >= 4 is 11.6 Å². The lowest BCUT2D eigenvalue weighted by Crippen LogP contribution is -2.06. The van der Waals surface area contributed by atoms with Crippen LogP contribution in [0.25, 0.3) is 11.4 Å². The smallest absolute Gasteiger partial charge is 0.0927 e. The lowest BCUT2D eigenvalue weighted by atomic mass is 10.1. The largest absolute Gasteiger partial charge is 0.261 e. The van der Waals surface area contributed by atoms with E-state index in [2.05, 4.69) is 10.1 Å². The second-order valence-electron chi connectivity index (χ2n) is 3.48. The number of rotatable bonds is 3. The molecule has 0 spiro atoms. The highest BCUT2D eigenvalue weighted by Gasteiger charge is 2.12. The molecule has 0 aliphatic carbocycles. The van der Waals surface area contributed by atoms with E-state index in [9.17, 15) is 0 Å². The molecule has 0 amide bonds. The van der Waals surface area contributed by atoms with E-state index in [0.717, 1.165) is 5.56 Å². The number of aromatic nitrogens is 3. The zero-order valence-electron chi connectivity index (χ0n) is 11.9. The fourth-order valence-corrected chi connectivity index (χ4v) is 1.80. The molecule has 0 bridgehead atoms. The fraction of sp³-hybridized carbons (Fsp3) is 0.333. The van der Waals surface area contributed by atoms with Crippen molar-refractivity contribution < 1.29 is 4.11 Å². The second-order valence-corrected chi connectivity index (χ2v) is 3.75. The molecule has 0 radical (unpaired) electrons. The average Bonchev–Trinajstić information content (AvgIpc) is 2.85. The zero-order chi connectivity index (χ0) is 14.0. The van der Waals surface area contributed by atoms with Crippen LogP contribution in [0.15, 0.2) is 30.6 Å². The molecule has 2 aromatic rings. The van der Waals surface area contributed by atoms with E-state index in [4.69, 9.17) is 15.7 Å². The second kappa shape index (κ2) is 4.66. The van der Waals surface area contributed by atoms with Gasteiger partial charge in [-0.25, -0.2) is 0 Å². The molecule has 3 nitrogen and oxygen atoms in total. The Bertz CT molecular complexity index is 565. The number of nitrogens with zero attached hydrogens (tertiary/aromatic N) is 3. The van der Waals surface area contributed by atoms with Gasteiger partial charge < -0.3 is 0 Å². The van der Waals surface area contributed by atoms with Crippen molar-refractivity contribution in [3.63, 3.8) is 0 Å². The van der Waals surface area contributed by atoms with Gasteiger partial charge in [0, 0.05) is 28.4 Å². The Morgan fingerprint density at radius 2 is 2.38 bits per heavy atom. The number of alkyl halides is 1. The molecule has 0 N–H and O–H groups in total. The van der Waals surface area contributed by atoms with E-state index in [1.165, 1.54) is 4.68 Å². The van der Waals surface area contributed by atoms with Crippen molar-refractivity contribution in [2.45, 2.75) is 25.7 Å². The fourth-order valence-electron chi connectivity index (χ4n) is 1.59. The summed E-state index contributed by atoms with van der Waals surface area (Å²) in [5.74, 6) is 0.316. The van der Waals surface area contributed by atoms with Gasteiger partial charge in [-0.1, -0.05) is 6.07 Å². The minimum absolute atomic E-state index is 0.316. The lowest BCUT2D eigenvalue weighted by Gasteiger charge is -2.12.